The van der Waals surface area contributed by atoms with Crippen LogP contribution in [0, 0.1) is 0 Å². The summed E-state index contributed by atoms with van der Waals surface area (Å²) in [4.78, 5) is 23.0. The number of aliphatic imine (C=N–C) groups is 1. The van der Waals surface area contributed by atoms with E-state index in [1.54, 1.807) is 18.5 Å². The number of fused-ring (bicyclic) bond motifs is 1. The van der Waals surface area contributed by atoms with Gasteiger partial charge >= 0.3 is 0 Å². The van der Waals surface area contributed by atoms with E-state index in [0.717, 1.165) is 44.0 Å². The van der Waals surface area contributed by atoms with Crippen molar-refractivity contribution in [3.63, 3.8) is 0 Å². The Balaban J connectivity index is 1.76. The van der Waals surface area contributed by atoms with Gasteiger partial charge in [-0.15, -0.1) is 0 Å². The molecule has 1 aliphatic rings. The molecule has 22 heavy (non-hydrogen) atoms. The first-order valence-corrected chi connectivity index (χ1v) is 8.23. The zero-order valence-corrected chi connectivity index (χ0v) is 13.6. The zero-order valence-electron chi connectivity index (χ0n) is 13.6. The molecule has 0 amide bonds. The van der Waals surface area contributed by atoms with Crippen LogP contribution in [0.3, 0.4) is 0 Å². The third-order valence-corrected chi connectivity index (χ3v) is 4.06. The molecule has 1 aliphatic heterocycles. The Labute approximate surface area is 132 Å². The summed E-state index contributed by atoms with van der Waals surface area (Å²) in [5.74, 6) is 0.132. The zero-order chi connectivity index (χ0) is 15.8. The van der Waals surface area contributed by atoms with Crippen LogP contribution in [-0.2, 0) is 6.54 Å². The van der Waals surface area contributed by atoms with Gasteiger partial charge in [-0.2, -0.15) is 0 Å². The quantitative estimate of drug-likeness (QED) is 0.712. The van der Waals surface area contributed by atoms with Crippen LogP contribution in [0.4, 0.5) is 5.69 Å². The summed E-state index contributed by atoms with van der Waals surface area (Å²) in [5.41, 5.74) is 2.32. The van der Waals surface area contributed by atoms with Gasteiger partial charge in [0.15, 0.2) is 5.78 Å². The Morgan fingerprint density at radius 2 is 2.09 bits per heavy atom. The number of rotatable bonds is 9. The summed E-state index contributed by atoms with van der Waals surface area (Å²) < 4.78 is 0. The molecule has 2 heterocycles. The van der Waals surface area contributed by atoms with Gasteiger partial charge in [0, 0.05) is 30.9 Å². The molecule has 0 bridgehead atoms. The minimum atomic E-state index is 0.132. The lowest BCUT2D eigenvalue weighted by molar-refractivity contribution is 0.100. The van der Waals surface area contributed by atoms with E-state index >= 15 is 0 Å². The molecule has 0 radical (unpaired) electrons. The standard InChI is InChI=1S/C17H26N4O/c1-3-21(4-2)12-6-5-9-18-13-15-17-14(7-10-19-15)16(22)8-11-20-17/h7,10-11,18H,3-6,8-9,12-13H2,1-2H3. The van der Waals surface area contributed by atoms with Gasteiger partial charge < -0.3 is 10.2 Å². The summed E-state index contributed by atoms with van der Waals surface area (Å²) in [6.07, 6.45) is 6.13. The van der Waals surface area contributed by atoms with Gasteiger partial charge in [-0.1, -0.05) is 13.8 Å². The van der Waals surface area contributed by atoms with Crippen LogP contribution >= 0.6 is 0 Å². The van der Waals surface area contributed by atoms with E-state index < -0.39 is 0 Å². The number of nitrogens with zero attached hydrogens (tertiary/aromatic N) is 3. The van der Waals surface area contributed by atoms with Crippen molar-refractivity contribution < 1.29 is 4.79 Å². The van der Waals surface area contributed by atoms with E-state index in [2.05, 4.69) is 34.0 Å². The fourth-order valence-electron chi connectivity index (χ4n) is 2.66. The maximum absolute atomic E-state index is 11.8. The van der Waals surface area contributed by atoms with Crippen LogP contribution in [0.15, 0.2) is 17.3 Å². The predicted octanol–water partition coefficient (Wildman–Crippen LogP) is 2.58. The molecule has 120 valence electrons. The van der Waals surface area contributed by atoms with Crippen molar-refractivity contribution >= 4 is 17.7 Å². The van der Waals surface area contributed by atoms with Gasteiger partial charge in [-0.3, -0.25) is 14.8 Å². The first kappa shape index (κ1) is 16.8. The molecule has 5 nitrogen and oxygen atoms in total. The van der Waals surface area contributed by atoms with Crippen molar-refractivity contribution in [2.24, 2.45) is 4.99 Å². The highest BCUT2D eigenvalue weighted by atomic mass is 16.1. The summed E-state index contributed by atoms with van der Waals surface area (Å²) in [5, 5.41) is 3.41. The van der Waals surface area contributed by atoms with Gasteiger partial charge in [0.1, 0.15) is 0 Å². The lowest BCUT2D eigenvalue weighted by Crippen LogP contribution is -2.25. The number of pyridine rings is 1. The molecule has 0 fully saturated rings. The molecule has 1 aromatic heterocycles. The maximum atomic E-state index is 11.8. The number of Topliss-reactive ketones (excluding diaryl/α,β-unsaturated/α-hetero) is 1. The predicted molar refractivity (Wildman–Crippen MR) is 90.1 cm³/mol. The molecule has 2 rings (SSSR count). The summed E-state index contributed by atoms with van der Waals surface area (Å²) in [6.45, 7) is 9.43. The van der Waals surface area contributed by atoms with Crippen LogP contribution in [0.25, 0.3) is 0 Å². The average Bonchev–Trinajstić information content (AvgIpc) is 2.55. The maximum Gasteiger partial charge on any atom is 0.170 e. The number of hydrogen-bond donors (Lipinski definition) is 1. The molecule has 0 atom stereocenters. The number of hydrogen-bond acceptors (Lipinski definition) is 5. The molecule has 1 aromatic rings. The Morgan fingerprint density at radius 1 is 1.27 bits per heavy atom. The molecule has 0 aromatic carbocycles. The van der Waals surface area contributed by atoms with Crippen molar-refractivity contribution in [3.05, 3.63) is 23.5 Å². The lowest BCUT2D eigenvalue weighted by Gasteiger charge is -2.17. The molecular weight excluding hydrogens is 276 g/mol. The lowest BCUT2D eigenvalue weighted by atomic mass is 10.0. The Bertz CT molecular complexity index is 523. The Morgan fingerprint density at radius 3 is 2.86 bits per heavy atom. The second-order valence-corrected chi connectivity index (χ2v) is 5.50. The highest BCUT2D eigenvalue weighted by Crippen LogP contribution is 2.26. The number of aromatic nitrogens is 1. The van der Waals surface area contributed by atoms with Crippen LogP contribution in [0.1, 0.15) is 49.2 Å². The minimum absolute atomic E-state index is 0.132. The number of ketones is 1. The molecule has 0 saturated carbocycles. The van der Waals surface area contributed by atoms with E-state index in [0.29, 0.717) is 18.5 Å². The summed E-state index contributed by atoms with van der Waals surface area (Å²) in [7, 11) is 0. The fourth-order valence-corrected chi connectivity index (χ4v) is 2.66. The van der Waals surface area contributed by atoms with Gasteiger partial charge in [-0.05, 0) is 45.1 Å². The first-order chi connectivity index (χ1) is 10.8. The van der Waals surface area contributed by atoms with Crippen molar-refractivity contribution in [3.8, 4) is 0 Å². The summed E-state index contributed by atoms with van der Waals surface area (Å²) >= 11 is 0. The SMILES string of the molecule is CCN(CC)CCCCNCc1nccc2c1N=CCC2=O. The van der Waals surface area contributed by atoms with Crippen molar-refractivity contribution in [1.29, 1.82) is 0 Å². The van der Waals surface area contributed by atoms with Crippen LogP contribution in [0.5, 0.6) is 0 Å². The van der Waals surface area contributed by atoms with Gasteiger partial charge in [0.25, 0.3) is 0 Å². The Hall–Kier alpha value is -1.59. The fraction of sp³-hybridized carbons (Fsp3) is 0.588. The number of nitrogens with one attached hydrogen (secondary N) is 1. The molecular formula is C17H26N4O. The molecule has 0 aliphatic carbocycles. The largest absolute Gasteiger partial charge is 0.311 e. The molecule has 1 N–H and O–H groups in total. The minimum Gasteiger partial charge on any atom is -0.311 e. The van der Waals surface area contributed by atoms with E-state index in [1.807, 2.05) is 0 Å². The van der Waals surface area contributed by atoms with E-state index in [1.165, 1.54) is 6.42 Å². The van der Waals surface area contributed by atoms with Crippen molar-refractivity contribution in [2.45, 2.75) is 39.7 Å². The number of carbonyl (C=O) groups is 1. The molecule has 5 heteroatoms. The third kappa shape index (κ3) is 4.45. The Kier molecular flexibility index (Phi) is 6.68. The number of carbonyl (C=O) groups excluding carboxylic acids is 1. The van der Waals surface area contributed by atoms with Crippen LogP contribution in [0.2, 0.25) is 0 Å². The normalized spacial score (nSPS) is 13.7. The van der Waals surface area contributed by atoms with Gasteiger partial charge in [0.05, 0.1) is 11.4 Å². The smallest absolute Gasteiger partial charge is 0.170 e. The van der Waals surface area contributed by atoms with Gasteiger partial charge in [-0.25, -0.2) is 0 Å². The second-order valence-electron chi connectivity index (χ2n) is 5.50. The average molecular weight is 302 g/mol. The molecule has 0 spiro atoms. The topological polar surface area (TPSA) is 57.6 Å². The van der Waals surface area contributed by atoms with E-state index in [9.17, 15) is 4.79 Å². The van der Waals surface area contributed by atoms with Crippen LogP contribution in [-0.4, -0.2) is 48.1 Å². The number of unbranched alkanes of at least 4 members (excludes halogenated alkanes) is 1. The van der Waals surface area contributed by atoms with Gasteiger partial charge in [0.2, 0.25) is 0 Å². The third-order valence-electron chi connectivity index (χ3n) is 4.06. The highest BCUT2D eigenvalue weighted by Gasteiger charge is 2.17. The van der Waals surface area contributed by atoms with E-state index in [-0.39, 0.29) is 5.78 Å². The monoisotopic (exact) mass is 302 g/mol. The first-order valence-electron chi connectivity index (χ1n) is 8.23. The molecule has 0 saturated heterocycles. The second kappa shape index (κ2) is 8.76. The summed E-state index contributed by atoms with van der Waals surface area (Å²) in [6, 6.07) is 1.77. The van der Waals surface area contributed by atoms with E-state index in [4.69, 9.17) is 0 Å². The highest BCUT2D eigenvalue weighted by molar-refractivity contribution is 6.10. The van der Waals surface area contributed by atoms with Crippen LogP contribution < -0.4 is 5.32 Å². The molecule has 0 unspecified atom stereocenters. The van der Waals surface area contributed by atoms with Crippen molar-refractivity contribution in [2.75, 3.05) is 26.2 Å². The van der Waals surface area contributed by atoms with Crippen molar-refractivity contribution in [1.82, 2.24) is 15.2 Å².